The SMILES string of the molecule is CC(C)NCc1cc(S(=O)(=O)NCC2(C(C)C)CC2)c[nH]1. The van der Waals surface area contributed by atoms with Crippen LogP contribution in [0.15, 0.2) is 17.2 Å². The molecule has 0 spiro atoms. The van der Waals surface area contributed by atoms with Crippen LogP contribution < -0.4 is 10.0 Å². The number of H-pyrrole nitrogens is 1. The first-order valence-corrected chi connectivity index (χ1v) is 9.14. The van der Waals surface area contributed by atoms with Crippen LogP contribution in [0, 0.1) is 11.3 Å². The second kappa shape index (κ2) is 6.10. The minimum Gasteiger partial charge on any atom is -0.363 e. The fourth-order valence-electron chi connectivity index (χ4n) is 2.43. The summed E-state index contributed by atoms with van der Waals surface area (Å²) >= 11 is 0. The normalized spacial score (nSPS) is 17.6. The summed E-state index contributed by atoms with van der Waals surface area (Å²) in [7, 11) is -3.41. The van der Waals surface area contributed by atoms with Gasteiger partial charge in [-0.05, 0) is 30.2 Å². The lowest BCUT2D eigenvalue weighted by molar-refractivity contribution is 0.357. The minimum absolute atomic E-state index is 0.172. The molecule has 1 fully saturated rings. The van der Waals surface area contributed by atoms with E-state index >= 15 is 0 Å². The summed E-state index contributed by atoms with van der Waals surface area (Å²) in [4.78, 5) is 3.34. The van der Waals surface area contributed by atoms with Crippen LogP contribution in [0.4, 0.5) is 0 Å². The van der Waals surface area contributed by atoms with Gasteiger partial charge in [0.25, 0.3) is 0 Å². The first kappa shape index (κ1) is 16.5. The first-order valence-electron chi connectivity index (χ1n) is 7.65. The fourth-order valence-corrected chi connectivity index (χ4v) is 3.59. The number of rotatable bonds is 8. The fraction of sp³-hybridized carbons (Fsp3) is 0.733. The number of aromatic amines is 1. The van der Waals surface area contributed by atoms with E-state index in [-0.39, 0.29) is 5.41 Å². The van der Waals surface area contributed by atoms with E-state index in [1.165, 1.54) is 0 Å². The molecular formula is C15H27N3O2S. The predicted octanol–water partition coefficient (Wildman–Crippen LogP) is 2.23. The van der Waals surface area contributed by atoms with Crippen LogP contribution in [-0.2, 0) is 16.6 Å². The van der Waals surface area contributed by atoms with Gasteiger partial charge in [0.15, 0.2) is 0 Å². The van der Waals surface area contributed by atoms with Gasteiger partial charge < -0.3 is 10.3 Å². The molecule has 6 heteroatoms. The number of hydrogen-bond donors (Lipinski definition) is 3. The van der Waals surface area contributed by atoms with Gasteiger partial charge in [-0.3, -0.25) is 0 Å². The third-order valence-electron chi connectivity index (χ3n) is 4.46. The number of sulfonamides is 1. The quantitative estimate of drug-likeness (QED) is 0.689. The maximum Gasteiger partial charge on any atom is 0.242 e. The molecule has 1 aliphatic carbocycles. The predicted molar refractivity (Wildman–Crippen MR) is 84.5 cm³/mol. The summed E-state index contributed by atoms with van der Waals surface area (Å²) in [6.07, 6.45) is 3.79. The van der Waals surface area contributed by atoms with Gasteiger partial charge in [-0.15, -0.1) is 0 Å². The van der Waals surface area contributed by atoms with Gasteiger partial charge in [0, 0.05) is 31.0 Å². The standard InChI is InChI=1S/C15H27N3O2S/c1-11(2)15(5-6-15)10-18-21(19,20)14-7-13(17-9-14)8-16-12(3)4/h7,9,11-12,16-18H,5-6,8,10H2,1-4H3. The molecule has 0 aliphatic heterocycles. The van der Waals surface area contributed by atoms with Crippen molar-refractivity contribution in [3.63, 3.8) is 0 Å². The van der Waals surface area contributed by atoms with Crippen molar-refractivity contribution in [1.29, 1.82) is 0 Å². The highest BCUT2D eigenvalue weighted by atomic mass is 32.2. The molecule has 1 saturated carbocycles. The van der Waals surface area contributed by atoms with Crippen LogP contribution in [0.2, 0.25) is 0 Å². The molecule has 0 bridgehead atoms. The van der Waals surface area contributed by atoms with Gasteiger partial charge in [0.1, 0.15) is 0 Å². The van der Waals surface area contributed by atoms with Crippen LogP contribution in [0.25, 0.3) is 0 Å². The van der Waals surface area contributed by atoms with E-state index in [1.807, 2.05) is 0 Å². The Hall–Kier alpha value is -0.850. The first-order chi connectivity index (χ1) is 9.75. The average molecular weight is 313 g/mol. The lowest BCUT2D eigenvalue weighted by atomic mass is 9.93. The molecule has 120 valence electrons. The lowest BCUT2D eigenvalue weighted by Crippen LogP contribution is -2.32. The lowest BCUT2D eigenvalue weighted by Gasteiger charge is -2.19. The molecular weight excluding hydrogens is 286 g/mol. The Labute approximate surface area is 128 Å². The third kappa shape index (κ3) is 4.08. The Morgan fingerprint density at radius 2 is 1.95 bits per heavy atom. The average Bonchev–Trinajstić information content (AvgIpc) is 3.04. The molecule has 1 aliphatic rings. The molecule has 21 heavy (non-hydrogen) atoms. The van der Waals surface area contributed by atoms with Gasteiger partial charge in [-0.25, -0.2) is 13.1 Å². The Morgan fingerprint density at radius 3 is 2.48 bits per heavy atom. The molecule has 0 saturated heterocycles. The van der Waals surface area contributed by atoms with Crippen molar-refractivity contribution in [1.82, 2.24) is 15.0 Å². The van der Waals surface area contributed by atoms with Crippen LogP contribution in [0.1, 0.15) is 46.2 Å². The second-order valence-electron chi connectivity index (χ2n) is 6.74. The minimum atomic E-state index is -3.41. The summed E-state index contributed by atoms with van der Waals surface area (Å²) in [6.45, 7) is 9.62. The Bertz CT molecular complexity index is 571. The van der Waals surface area contributed by atoms with Gasteiger partial charge in [-0.1, -0.05) is 27.7 Å². The maximum atomic E-state index is 12.3. The molecule has 0 amide bonds. The monoisotopic (exact) mass is 313 g/mol. The number of hydrogen-bond acceptors (Lipinski definition) is 3. The zero-order valence-corrected chi connectivity index (χ0v) is 14.2. The molecule has 0 unspecified atom stereocenters. The molecule has 1 heterocycles. The molecule has 5 nitrogen and oxygen atoms in total. The molecule has 0 radical (unpaired) electrons. The van der Waals surface area contributed by atoms with E-state index in [0.29, 0.717) is 29.9 Å². The topological polar surface area (TPSA) is 74.0 Å². The van der Waals surface area contributed by atoms with Crippen molar-refractivity contribution in [2.75, 3.05) is 6.54 Å². The van der Waals surface area contributed by atoms with E-state index in [1.54, 1.807) is 12.3 Å². The third-order valence-corrected chi connectivity index (χ3v) is 5.84. The van der Waals surface area contributed by atoms with Crippen molar-refractivity contribution < 1.29 is 8.42 Å². The molecule has 0 aromatic carbocycles. The number of nitrogens with one attached hydrogen (secondary N) is 3. The van der Waals surface area contributed by atoms with Gasteiger partial charge in [-0.2, -0.15) is 0 Å². The summed E-state index contributed by atoms with van der Waals surface area (Å²) < 4.78 is 27.4. The van der Waals surface area contributed by atoms with Crippen molar-refractivity contribution in [2.24, 2.45) is 11.3 Å². The smallest absolute Gasteiger partial charge is 0.242 e. The van der Waals surface area contributed by atoms with E-state index in [0.717, 1.165) is 18.5 Å². The van der Waals surface area contributed by atoms with E-state index < -0.39 is 10.0 Å². The molecule has 0 atom stereocenters. The van der Waals surface area contributed by atoms with Gasteiger partial charge in [0.05, 0.1) is 4.90 Å². The van der Waals surface area contributed by atoms with Crippen molar-refractivity contribution >= 4 is 10.0 Å². The second-order valence-corrected chi connectivity index (χ2v) is 8.50. The van der Waals surface area contributed by atoms with E-state index in [9.17, 15) is 8.42 Å². The van der Waals surface area contributed by atoms with Crippen molar-refractivity contribution in [3.8, 4) is 0 Å². The molecule has 1 aromatic rings. The highest BCUT2D eigenvalue weighted by molar-refractivity contribution is 7.89. The van der Waals surface area contributed by atoms with Crippen LogP contribution in [0.5, 0.6) is 0 Å². The van der Waals surface area contributed by atoms with Crippen LogP contribution in [0.3, 0.4) is 0 Å². The summed E-state index contributed by atoms with van der Waals surface area (Å²) in [5.74, 6) is 0.511. The zero-order chi connectivity index (χ0) is 15.7. The highest BCUT2D eigenvalue weighted by Gasteiger charge is 2.45. The van der Waals surface area contributed by atoms with Crippen molar-refractivity contribution in [3.05, 3.63) is 18.0 Å². The molecule has 3 N–H and O–H groups in total. The van der Waals surface area contributed by atoms with Crippen LogP contribution >= 0.6 is 0 Å². The van der Waals surface area contributed by atoms with E-state index in [4.69, 9.17) is 0 Å². The molecule has 2 rings (SSSR count). The van der Waals surface area contributed by atoms with Gasteiger partial charge >= 0.3 is 0 Å². The Balaban J connectivity index is 1.96. The Kier molecular flexibility index (Phi) is 4.80. The molecule has 1 aromatic heterocycles. The highest BCUT2D eigenvalue weighted by Crippen LogP contribution is 2.51. The zero-order valence-electron chi connectivity index (χ0n) is 13.4. The van der Waals surface area contributed by atoms with Crippen molar-refractivity contribution in [2.45, 2.75) is 58.0 Å². The largest absolute Gasteiger partial charge is 0.363 e. The Morgan fingerprint density at radius 1 is 1.29 bits per heavy atom. The van der Waals surface area contributed by atoms with E-state index in [2.05, 4.69) is 42.7 Å². The summed E-state index contributed by atoms with van der Waals surface area (Å²) in [6, 6.07) is 2.07. The van der Waals surface area contributed by atoms with Crippen LogP contribution in [-0.4, -0.2) is 26.0 Å². The number of aromatic nitrogens is 1. The summed E-state index contributed by atoms with van der Waals surface area (Å²) in [5, 5.41) is 3.26. The van der Waals surface area contributed by atoms with Gasteiger partial charge in [0.2, 0.25) is 10.0 Å². The maximum absolute atomic E-state index is 12.3. The summed E-state index contributed by atoms with van der Waals surface area (Å²) in [5.41, 5.74) is 1.06.